The van der Waals surface area contributed by atoms with Crippen molar-refractivity contribution < 1.29 is 18.5 Å². The Labute approximate surface area is 175 Å². The van der Waals surface area contributed by atoms with E-state index >= 15 is 0 Å². The molecule has 0 saturated carbocycles. The van der Waals surface area contributed by atoms with Crippen LogP contribution in [-0.4, -0.2) is 46.6 Å². The van der Waals surface area contributed by atoms with Crippen LogP contribution < -0.4 is 10.6 Å². The average molecular weight is 417 g/mol. The highest BCUT2D eigenvalue weighted by Crippen LogP contribution is 2.25. The first-order valence-electron chi connectivity index (χ1n) is 10.3. The molecule has 1 aliphatic heterocycles. The molecule has 1 aliphatic rings. The zero-order valence-corrected chi connectivity index (χ0v) is 17.4. The van der Waals surface area contributed by atoms with Gasteiger partial charge in [0.1, 0.15) is 5.82 Å². The number of nitrogens with zero attached hydrogens (tertiary/aromatic N) is 3. The first kappa shape index (κ1) is 21.7. The smallest absolute Gasteiger partial charge is 0.321 e. The molecule has 1 unspecified atom stereocenters. The summed E-state index contributed by atoms with van der Waals surface area (Å²) in [7, 11) is 0. The van der Waals surface area contributed by atoms with Crippen molar-refractivity contribution in [2.75, 3.05) is 25.0 Å². The van der Waals surface area contributed by atoms with Crippen LogP contribution in [0.3, 0.4) is 0 Å². The molecule has 1 atom stereocenters. The molecule has 0 aliphatic carbocycles. The van der Waals surface area contributed by atoms with Crippen LogP contribution in [0.1, 0.15) is 63.1 Å². The van der Waals surface area contributed by atoms with Crippen molar-refractivity contribution >= 4 is 17.6 Å². The van der Waals surface area contributed by atoms with Gasteiger partial charge in [0.2, 0.25) is 11.8 Å². The van der Waals surface area contributed by atoms with Crippen molar-refractivity contribution in [1.29, 1.82) is 0 Å². The lowest BCUT2D eigenvalue weighted by Gasteiger charge is -2.23. The molecular weight excluding hydrogens is 389 g/mol. The first-order chi connectivity index (χ1) is 14.4. The minimum atomic E-state index is -0.501. The molecule has 1 aromatic carbocycles. The van der Waals surface area contributed by atoms with E-state index in [-0.39, 0.29) is 36.4 Å². The summed E-state index contributed by atoms with van der Waals surface area (Å²) >= 11 is 0. The number of hydrogen-bond acceptors (Lipinski definition) is 5. The van der Waals surface area contributed by atoms with Gasteiger partial charge in [-0.15, -0.1) is 0 Å². The van der Waals surface area contributed by atoms with Crippen LogP contribution in [-0.2, 0) is 4.79 Å². The third kappa shape index (κ3) is 5.77. The normalized spacial score (nSPS) is 18.6. The molecule has 30 heavy (non-hydrogen) atoms. The highest BCUT2D eigenvalue weighted by atomic mass is 19.1. The van der Waals surface area contributed by atoms with Crippen LogP contribution in [0.5, 0.6) is 0 Å². The fourth-order valence-corrected chi connectivity index (χ4v) is 3.35. The molecule has 3 rings (SSSR count). The van der Waals surface area contributed by atoms with Gasteiger partial charge in [-0.3, -0.25) is 4.79 Å². The van der Waals surface area contributed by atoms with Crippen LogP contribution >= 0.6 is 0 Å². The Balaban J connectivity index is 1.68. The van der Waals surface area contributed by atoms with Crippen LogP contribution in [0, 0.1) is 5.82 Å². The standard InChI is InChI=1S/C21H28FN5O3/c1-14(2)19-25-20(30-26-19)15-6-5-12-27(13-10-18(28)23-11-9-15)21(29)24-17-8-4-3-7-16(17)22/h3-4,7-8,14-15H,5-6,9-13H2,1-2H3,(H,23,28)(H,24,29). The summed E-state index contributed by atoms with van der Waals surface area (Å²) in [5.41, 5.74) is 0.117. The Kier molecular flexibility index (Phi) is 7.37. The van der Waals surface area contributed by atoms with Gasteiger partial charge in [-0.1, -0.05) is 31.1 Å². The molecule has 8 nitrogen and oxygen atoms in total. The van der Waals surface area contributed by atoms with E-state index in [1.54, 1.807) is 17.0 Å². The van der Waals surface area contributed by atoms with Crippen molar-refractivity contribution in [3.63, 3.8) is 0 Å². The maximum absolute atomic E-state index is 13.9. The molecule has 1 fully saturated rings. The van der Waals surface area contributed by atoms with Gasteiger partial charge in [0, 0.05) is 37.9 Å². The number of benzene rings is 1. The van der Waals surface area contributed by atoms with Crippen LogP contribution in [0.2, 0.25) is 0 Å². The van der Waals surface area contributed by atoms with Gasteiger partial charge in [0.05, 0.1) is 5.69 Å². The van der Waals surface area contributed by atoms with Crippen molar-refractivity contribution in [3.05, 3.63) is 41.8 Å². The molecule has 162 valence electrons. The van der Waals surface area contributed by atoms with E-state index in [1.807, 2.05) is 13.8 Å². The van der Waals surface area contributed by atoms with E-state index in [2.05, 4.69) is 20.8 Å². The SMILES string of the molecule is CC(C)c1noc(C2CCCN(C(=O)Nc3ccccc3F)CCC(=O)NCC2)n1. The number of hydrogen-bond donors (Lipinski definition) is 2. The predicted octanol–water partition coefficient (Wildman–Crippen LogP) is 3.64. The number of rotatable bonds is 3. The highest BCUT2D eigenvalue weighted by Gasteiger charge is 2.23. The zero-order valence-electron chi connectivity index (χ0n) is 17.4. The largest absolute Gasteiger partial charge is 0.356 e. The van der Waals surface area contributed by atoms with E-state index in [0.717, 1.165) is 6.42 Å². The van der Waals surface area contributed by atoms with Gasteiger partial charge in [0.25, 0.3) is 0 Å². The number of para-hydroxylation sites is 1. The number of anilines is 1. The lowest BCUT2D eigenvalue weighted by atomic mass is 9.99. The summed E-state index contributed by atoms with van der Waals surface area (Å²) in [6, 6.07) is 5.58. The Morgan fingerprint density at radius 1 is 1.30 bits per heavy atom. The van der Waals surface area contributed by atoms with Crippen LogP contribution in [0.25, 0.3) is 0 Å². The molecule has 9 heteroatoms. The number of carbonyl (C=O) groups excluding carboxylic acids is 2. The molecule has 0 radical (unpaired) electrons. The summed E-state index contributed by atoms with van der Waals surface area (Å²) in [4.78, 5) is 30.9. The molecule has 2 N–H and O–H groups in total. The van der Waals surface area contributed by atoms with Crippen molar-refractivity contribution in [1.82, 2.24) is 20.4 Å². The van der Waals surface area contributed by atoms with E-state index in [1.165, 1.54) is 12.1 Å². The second-order valence-corrected chi connectivity index (χ2v) is 7.77. The number of urea groups is 1. The summed E-state index contributed by atoms with van der Waals surface area (Å²) in [6.45, 7) is 5.20. The quantitative estimate of drug-likeness (QED) is 0.794. The molecule has 2 heterocycles. The number of carbonyl (C=O) groups is 2. The fraction of sp³-hybridized carbons (Fsp3) is 0.524. The second-order valence-electron chi connectivity index (χ2n) is 7.77. The van der Waals surface area contributed by atoms with Crippen molar-refractivity contribution in [3.8, 4) is 0 Å². The van der Waals surface area contributed by atoms with E-state index in [0.29, 0.717) is 37.6 Å². The third-order valence-corrected chi connectivity index (χ3v) is 5.13. The summed E-state index contributed by atoms with van der Waals surface area (Å²) in [5.74, 6) is 0.762. The van der Waals surface area contributed by atoms with E-state index < -0.39 is 11.8 Å². The van der Waals surface area contributed by atoms with Gasteiger partial charge >= 0.3 is 6.03 Å². The minimum absolute atomic E-state index is 0.000112. The van der Waals surface area contributed by atoms with E-state index in [9.17, 15) is 14.0 Å². The fourth-order valence-electron chi connectivity index (χ4n) is 3.35. The number of amides is 3. The zero-order chi connectivity index (χ0) is 21.5. The summed E-state index contributed by atoms with van der Waals surface area (Å²) < 4.78 is 19.3. The van der Waals surface area contributed by atoms with Crippen LogP contribution in [0.4, 0.5) is 14.9 Å². The Morgan fingerprint density at radius 3 is 2.83 bits per heavy atom. The molecule has 1 aromatic heterocycles. The first-order valence-corrected chi connectivity index (χ1v) is 10.3. The minimum Gasteiger partial charge on any atom is -0.356 e. The number of aromatic nitrogens is 2. The molecule has 0 bridgehead atoms. The molecular formula is C21H28FN5O3. The van der Waals surface area contributed by atoms with Crippen molar-refractivity contribution in [2.45, 2.75) is 51.4 Å². The lowest BCUT2D eigenvalue weighted by Crippen LogP contribution is -2.38. The van der Waals surface area contributed by atoms with Gasteiger partial charge in [-0.05, 0) is 31.4 Å². The summed E-state index contributed by atoms with van der Waals surface area (Å²) in [6.07, 6.45) is 2.31. The second kappa shape index (κ2) is 10.2. The van der Waals surface area contributed by atoms with Gasteiger partial charge in [-0.25, -0.2) is 9.18 Å². The maximum Gasteiger partial charge on any atom is 0.321 e. The number of nitrogens with one attached hydrogen (secondary N) is 2. The van der Waals surface area contributed by atoms with Crippen molar-refractivity contribution in [2.24, 2.45) is 0 Å². The Hall–Kier alpha value is -2.97. The van der Waals surface area contributed by atoms with Gasteiger partial charge < -0.3 is 20.1 Å². The Morgan fingerprint density at radius 2 is 2.10 bits per heavy atom. The molecule has 1 saturated heterocycles. The lowest BCUT2D eigenvalue weighted by molar-refractivity contribution is -0.121. The average Bonchev–Trinajstić information content (AvgIpc) is 3.19. The topological polar surface area (TPSA) is 100 Å². The molecule has 3 amide bonds. The number of halogens is 1. The Bertz CT molecular complexity index is 870. The maximum atomic E-state index is 13.9. The highest BCUT2D eigenvalue weighted by molar-refractivity contribution is 5.89. The van der Waals surface area contributed by atoms with E-state index in [4.69, 9.17) is 4.52 Å². The van der Waals surface area contributed by atoms with Crippen LogP contribution in [0.15, 0.2) is 28.8 Å². The summed E-state index contributed by atoms with van der Waals surface area (Å²) in [5, 5.41) is 9.51. The molecule has 2 aromatic rings. The van der Waals surface area contributed by atoms with Gasteiger partial charge in [-0.2, -0.15) is 4.98 Å². The molecule has 0 spiro atoms. The predicted molar refractivity (Wildman–Crippen MR) is 110 cm³/mol. The third-order valence-electron chi connectivity index (χ3n) is 5.13. The van der Waals surface area contributed by atoms with Gasteiger partial charge in [0.15, 0.2) is 5.82 Å². The monoisotopic (exact) mass is 417 g/mol.